The van der Waals surface area contributed by atoms with E-state index in [-0.39, 0.29) is 24.0 Å². The third kappa shape index (κ3) is 5.17. The van der Waals surface area contributed by atoms with E-state index in [0.29, 0.717) is 17.9 Å². The molecule has 1 saturated heterocycles. The second-order valence-corrected chi connectivity index (χ2v) is 9.10. The summed E-state index contributed by atoms with van der Waals surface area (Å²) in [6.07, 6.45) is 2.09. The Labute approximate surface area is 185 Å². The molecule has 6 nitrogen and oxygen atoms in total. The van der Waals surface area contributed by atoms with Crippen LogP contribution in [0.4, 0.5) is 0 Å². The van der Waals surface area contributed by atoms with E-state index >= 15 is 0 Å². The topological polar surface area (TPSA) is 75.5 Å². The van der Waals surface area contributed by atoms with E-state index in [1.807, 2.05) is 35.2 Å². The first-order chi connectivity index (χ1) is 13.6. The van der Waals surface area contributed by atoms with Crippen LogP contribution < -0.4 is 4.74 Å². The fourth-order valence-electron chi connectivity index (χ4n) is 3.15. The zero-order valence-electron chi connectivity index (χ0n) is 15.9. The molecule has 0 atom stereocenters. The van der Waals surface area contributed by atoms with Gasteiger partial charge in [0, 0.05) is 0 Å². The number of carbonyl (C=O) groups excluding carboxylic acids is 1. The summed E-state index contributed by atoms with van der Waals surface area (Å²) in [6, 6.07) is 13.4. The predicted molar refractivity (Wildman–Crippen MR) is 99.3 cm³/mol. The fraction of sp³-hybridized carbons (Fsp3) is 0.381. The van der Waals surface area contributed by atoms with Crippen molar-refractivity contribution in [3.05, 3.63) is 58.8 Å². The molecule has 1 aromatic heterocycles. The van der Waals surface area contributed by atoms with Crippen LogP contribution in [0.25, 0.3) is 0 Å². The molecule has 7 heteroatoms. The van der Waals surface area contributed by atoms with Crippen molar-refractivity contribution in [3.63, 3.8) is 0 Å². The van der Waals surface area contributed by atoms with Gasteiger partial charge in [-0.2, -0.15) is 0 Å². The van der Waals surface area contributed by atoms with Gasteiger partial charge in [-0.15, -0.1) is 0 Å². The third-order valence-corrected chi connectivity index (χ3v) is 6.38. The number of hydrogen-bond donors (Lipinski definition) is 0. The third-order valence-electron chi connectivity index (χ3n) is 4.74. The monoisotopic (exact) mass is 453 g/mol. The van der Waals surface area contributed by atoms with E-state index in [0.717, 1.165) is 34.2 Å². The molecule has 0 unspecified atom stereocenters. The van der Waals surface area contributed by atoms with E-state index in [9.17, 15) is 10.1 Å². The number of pyridine rings is 1. The van der Waals surface area contributed by atoms with Gasteiger partial charge in [-0.05, 0) is 0 Å². The molecule has 0 radical (unpaired) electrons. The van der Waals surface area contributed by atoms with E-state index in [4.69, 9.17) is 9.47 Å². The molecule has 2 aromatic rings. The van der Waals surface area contributed by atoms with Crippen LogP contribution in [0.2, 0.25) is 2.73 Å². The van der Waals surface area contributed by atoms with Gasteiger partial charge in [0.2, 0.25) is 0 Å². The number of ether oxygens (including phenoxy) is 2. The minimum atomic E-state index is -0.0850. The molecule has 0 N–H and O–H groups in total. The predicted octanol–water partition coefficient (Wildman–Crippen LogP) is 3.25. The maximum absolute atomic E-state index is 13.1. The summed E-state index contributed by atoms with van der Waals surface area (Å²) >= 11 is 1.23. The van der Waals surface area contributed by atoms with Crippen molar-refractivity contribution in [1.82, 2.24) is 9.88 Å². The number of benzene rings is 1. The summed E-state index contributed by atoms with van der Waals surface area (Å²) in [7, 11) is 1.56. The van der Waals surface area contributed by atoms with Crippen LogP contribution in [0.1, 0.15) is 40.0 Å². The molecule has 142 valence electrons. The molecule has 1 amide bonds. The average Bonchev–Trinajstić information content (AvgIpc) is 2.73. The van der Waals surface area contributed by atoms with Gasteiger partial charge in [-0.3, -0.25) is 0 Å². The first kappa shape index (κ1) is 20.9. The van der Waals surface area contributed by atoms with Crippen LogP contribution in [0, 0.1) is 11.3 Å². The molecule has 1 aliphatic heterocycles. The Morgan fingerprint density at radius 2 is 2.00 bits per heavy atom. The van der Waals surface area contributed by atoms with Crippen molar-refractivity contribution in [1.29, 1.82) is 5.26 Å². The number of aromatic nitrogens is 1. The van der Waals surface area contributed by atoms with Crippen LogP contribution >= 0.6 is 0 Å². The fourth-order valence-corrected chi connectivity index (χ4v) is 3.89. The van der Waals surface area contributed by atoms with Gasteiger partial charge in [-0.1, -0.05) is 30.3 Å². The molecule has 1 fully saturated rings. The molecule has 28 heavy (non-hydrogen) atoms. The zero-order valence-corrected chi connectivity index (χ0v) is 18.8. The van der Waals surface area contributed by atoms with Gasteiger partial charge >= 0.3 is 156 Å². The number of methoxy groups -OCH3 is 1. The number of rotatable bonds is 6. The van der Waals surface area contributed by atoms with Crippen molar-refractivity contribution in [2.24, 2.45) is 0 Å². The number of piperidine rings is 1. The first-order valence-electron chi connectivity index (χ1n) is 9.27. The number of hydrogen-bond acceptors (Lipinski definition) is 5. The van der Waals surface area contributed by atoms with E-state index < -0.39 is 0 Å². The summed E-state index contributed by atoms with van der Waals surface area (Å²) in [5.41, 5.74) is 2.17. The van der Waals surface area contributed by atoms with Crippen LogP contribution in [0.5, 0.6) is 5.88 Å². The molecule has 2 heterocycles. The summed E-state index contributed by atoms with van der Waals surface area (Å²) in [5.74, 6) is 0.144. The Morgan fingerprint density at radius 3 is 2.64 bits per heavy atom. The SMILES string of the molecule is COCc1nc(OCc2ccccc2)c(C#N)cc1C(=O)N1CC[CH]([Y])CC1. The first-order valence-corrected chi connectivity index (χ1v) is 10.9. The van der Waals surface area contributed by atoms with Crippen molar-refractivity contribution in [2.45, 2.75) is 28.8 Å². The normalized spacial score (nSPS) is 14.5. The van der Waals surface area contributed by atoms with Gasteiger partial charge in [0.15, 0.2) is 0 Å². The number of carbonyl (C=O) groups is 1. The van der Waals surface area contributed by atoms with E-state index in [1.165, 1.54) is 31.0 Å². The molecular formula is C21H22N3O3Y. The second-order valence-electron chi connectivity index (χ2n) is 6.78. The summed E-state index contributed by atoms with van der Waals surface area (Å²) in [4.78, 5) is 19.4. The van der Waals surface area contributed by atoms with E-state index in [1.54, 1.807) is 13.2 Å². The van der Waals surface area contributed by atoms with Gasteiger partial charge in [0.1, 0.15) is 0 Å². The average molecular weight is 453 g/mol. The Bertz CT molecular complexity index is 859. The quantitative estimate of drug-likeness (QED) is 0.672. The Morgan fingerprint density at radius 1 is 1.29 bits per heavy atom. The summed E-state index contributed by atoms with van der Waals surface area (Å²) in [5, 5.41) is 9.57. The molecule has 0 bridgehead atoms. The number of nitriles is 1. The Hall–Kier alpha value is -1.81. The molecule has 1 aliphatic rings. The summed E-state index contributed by atoms with van der Waals surface area (Å²) in [6.45, 7) is 2.00. The Balaban J connectivity index is 1.86. The number of amides is 1. The molecule has 1 aromatic carbocycles. The van der Waals surface area contributed by atoms with Crippen molar-refractivity contribution < 1.29 is 45.2 Å². The number of likely N-dealkylation sites (tertiary alicyclic amines) is 1. The van der Waals surface area contributed by atoms with Crippen LogP contribution in [0.3, 0.4) is 0 Å². The summed E-state index contributed by atoms with van der Waals surface area (Å²) < 4.78 is 11.8. The van der Waals surface area contributed by atoms with Gasteiger partial charge in [-0.25, -0.2) is 0 Å². The van der Waals surface area contributed by atoms with Crippen molar-refractivity contribution >= 4 is 5.91 Å². The van der Waals surface area contributed by atoms with Crippen LogP contribution in [-0.4, -0.2) is 36.0 Å². The van der Waals surface area contributed by atoms with Crippen LogP contribution in [0.15, 0.2) is 36.4 Å². The minimum absolute atomic E-state index is 0.0850. The molecule has 0 saturated carbocycles. The molecular weight excluding hydrogens is 431 g/mol. The standard InChI is InChI=1S/C21H22N3O3.Y/c1-26-15-19-18(21(25)24-10-6-3-7-11-24)12-17(13-22)20(23-19)27-14-16-8-4-2-5-9-16;/h2-5,8-9,12H,6-7,10-11,14-15H2,1H3;. The van der Waals surface area contributed by atoms with Crippen molar-refractivity contribution in [3.8, 4) is 11.9 Å². The van der Waals surface area contributed by atoms with Crippen LogP contribution in [-0.2, 0) is 48.9 Å². The van der Waals surface area contributed by atoms with E-state index in [2.05, 4.69) is 11.1 Å². The molecule has 0 aliphatic carbocycles. The second kappa shape index (κ2) is 10.1. The number of nitrogens with zero attached hydrogens (tertiary/aromatic N) is 3. The van der Waals surface area contributed by atoms with Gasteiger partial charge < -0.3 is 0 Å². The molecule has 0 spiro atoms. The Kier molecular flexibility index (Phi) is 7.55. The van der Waals surface area contributed by atoms with Crippen molar-refractivity contribution in [2.75, 3.05) is 20.2 Å². The molecule has 3 rings (SSSR count). The maximum atomic E-state index is 13.1. The zero-order chi connectivity index (χ0) is 19.9. The van der Waals surface area contributed by atoms with Gasteiger partial charge in [0.05, 0.1) is 0 Å². The van der Waals surface area contributed by atoms with Gasteiger partial charge in [0.25, 0.3) is 0 Å².